The maximum atomic E-state index is 12.9. The second kappa shape index (κ2) is 9.71. The molecule has 0 aliphatic carbocycles. The van der Waals surface area contributed by atoms with Crippen LogP contribution in [0.2, 0.25) is 0 Å². The van der Waals surface area contributed by atoms with Crippen molar-refractivity contribution < 1.29 is 14.3 Å². The van der Waals surface area contributed by atoms with Gasteiger partial charge in [0.15, 0.2) is 0 Å². The van der Waals surface area contributed by atoms with Crippen LogP contribution in [0.25, 0.3) is 0 Å². The van der Waals surface area contributed by atoms with Crippen LogP contribution in [0.5, 0.6) is 0 Å². The molecule has 2 aliphatic heterocycles. The maximum Gasteiger partial charge on any atom is 0.255 e. The molecule has 1 unspecified atom stereocenters. The van der Waals surface area contributed by atoms with Crippen LogP contribution in [0.4, 0.5) is 0 Å². The van der Waals surface area contributed by atoms with Crippen molar-refractivity contribution in [3.8, 4) is 0 Å². The molecule has 1 spiro atoms. The van der Waals surface area contributed by atoms with E-state index in [1.807, 2.05) is 42.2 Å². The van der Waals surface area contributed by atoms with Crippen molar-refractivity contribution in [1.82, 2.24) is 9.88 Å². The smallest absolute Gasteiger partial charge is 0.255 e. The van der Waals surface area contributed by atoms with Crippen molar-refractivity contribution in [2.75, 3.05) is 26.3 Å². The molecule has 2 aromatic rings. The lowest BCUT2D eigenvalue weighted by Gasteiger charge is -2.46. The summed E-state index contributed by atoms with van der Waals surface area (Å²) in [7, 11) is 0. The number of hydrogen-bond donors (Lipinski definition) is 0. The molecule has 3 heterocycles. The number of pyridine rings is 1. The van der Waals surface area contributed by atoms with Gasteiger partial charge in [0.1, 0.15) is 0 Å². The Kier molecular flexibility index (Phi) is 6.80. The summed E-state index contributed by atoms with van der Waals surface area (Å²) in [6.07, 6.45) is 6.83. The SMILES string of the molecule is Cc1ncccc1C(=O)N1CCC2(CC1)CC(CCOCc1ccccc1)CCO2. The van der Waals surface area contributed by atoms with Gasteiger partial charge in [-0.25, -0.2) is 0 Å². The number of nitrogens with zero attached hydrogens (tertiary/aromatic N) is 2. The Morgan fingerprint density at radius 2 is 2.00 bits per heavy atom. The minimum atomic E-state index is -0.0664. The topological polar surface area (TPSA) is 51.7 Å². The number of rotatable bonds is 6. The van der Waals surface area contributed by atoms with E-state index in [2.05, 4.69) is 17.1 Å². The van der Waals surface area contributed by atoms with Crippen LogP contribution in [0.15, 0.2) is 48.7 Å². The molecule has 1 aromatic heterocycles. The standard InChI is InChI=1S/C25H32N2O3/c1-20-23(8-5-13-26-20)24(28)27-14-11-25(12-15-27)18-21(10-17-30-25)9-16-29-19-22-6-3-2-4-7-22/h2-8,13,21H,9-12,14-19H2,1H3. The number of carbonyl (C=O) groups excluding carboxylic acids is 1. The number of amides is 1. The van der Waals surface area contributed by atoms with E-state index in [0.717, 1.165) is 64.1 Å². The molecule has 2 fully saturated rings. The summed E-state index contributed by atoms with van der Waals surface area (Å²) in [5.41, 5.74) is 2.67. The number of aryl methyl sites for hydroxylation is 1. The number of hydrogen-bond acceptors (Lipinski definition) is 4. The highest BCUT2D eigenvalue weighted by molar-refractivity contribution is 5.95. The number of ether oxygens (including phenoxy) is 2. The number of likely N-dealkylation sites (tertiary alicyclic amines) is 1. The van der Waals surface area contributed by atoms with Gasteiger partial charge in [0.05, 0.1) is 17.8 Å². The third-order valence-electron chi connectivity index (χ3n) is 6.58. The van der Waals surface area contributed by atoms with Gasteiger partial charge < -0.3 is 14.4 Å². The zero-order chi connectivity index (χ0) is 20.8. The number of carbonyl (C=O) groups is 1. The minimum Gasteiger partial charge on any atom is -0.377 e. The Balaban J connectivity index is 1.24. The second-order valence-corrected chi connectivity index (χ2v) is 8.65. The lowest BCUT2D eigenvalue weighted by molar-refractivity contribution is -0.126. The van der Waals surface area contributed by atoms with Crippen molar-refractivity contribution in [2.45, 2.75) is 51.2 Å². The molecular formula is C25H32N2O3. The first-order valence-corrected chi connectivity index (χ1v) is 11.1. The van der Waals surface area contributed by atoms with Crippen LogP contribution in [-0.4, -0.2) is 47.7 Å². The van der Waals surface area contributed by atoms with Crippen LogP contribution in [0.1, 0.15) is 53.7 Å². The molecular weight excluding hydrogens is 376 g/mol. The van der Waals surface area contributed by atoms with E-state index in [1.54, 1.807) is 6.20 Å². The molecule has 1 aromatic carbocycles. The fourth-order valence-corrected chi connectivity index (χ4v) is 4.74. The van der Waals surface area contributed by atoms with Gasteiger partial charge in [-0.15, -0.1) is 0 Å². The summed E-state index contributed by atoms with van der Waals surface area (Å²) in [5, 5.41) is 0. The summed E-state index contributed by atoms with van der Waals surface area (Å²) in [6.45, 7) is 5.70. The number of aromatic nitrogens is 1. The molecule has 1 atom stereocenters. The number of piperidine rings is 1. The van der Waals surface area contributed by atoms with Gasteiger partial charge in [-0.2, -0.15) is 0 Å². The van der Waals surface area contributed by atoms with Gasteiger partial charge in [-0.3, -0.25) is 9.78 Å². The van der Waals surface area contributed by atoms with Crippen LogP contribution >= 0.6 is 0 Å². The first-order valence-electron chi connectivity index (χ1n) is 11.1. The lowest BCUT2D eigenvalue weighted by atomic mass is 9.78. The quantitative estimate of drug-likeness (QED) is 0.665. The number of benzene rings is 1. The molecule has 30 heavy (non-hydrogen) atoms. The Morgan fingerprint density at radius 3 is 2.77 bits per heavy atom. The average Bonchev–Trinajstić information content (AvgIpc) is 2.78. The molecule has 0 bridgehead atoms. The van der Waals surface area contributed by atoms with Gasteiger partial charge in [-0.05, 0) is 62.6 Å². The molecule has 4 rings (SSSR count). The molecule has 0 saturated carbocycles. The predicted octanol–water partition coefficient (Wildman–Crippen LogP) is 4.40. The van der Waals surface area contributed by atoms with Gasteiger partial charge in [0.25, 0.3) is 5.91 Å². The summed E-state index contributed by atoms with van der Waals surface area (Å²) in [4.78, 5) is 19.1. The van der Waals surface area contributed by atoms with Gasteiger partial charge >= 0.3 is 0 Å². The molecule has 0 radical (unpaired) electrons. The Hall–Kier alpha value is -2.24. The highest BCUT2D eigenvalue weighted by Gasteiger charge is 2.41. The zero-order valence-corrected chi connectivity index (χ0v) is 17.9. The van der Waals surface area contributed by atoms with Crippen LogP contribution in [-0.2, 0) is 16.1 Å². The van der Waals surface area contributed by atoms with Gasteiger partial charge in [0.2, 0.25) is 0 Å². The van der Waals surface area contributed by atoms with Crippen molar-refractivity contribution in [1.29, 1.82) is 0 Å². The molecule has 0 N–H and O–H groups in total. The van der Waals surface area contributed by atoms with Crippen molar-refractivity contribution >= 4 is 5.91 Å². The molecule has 2 saturated heterocycles. The largest absolute Gasteiger partial charge is 0.377 e. The molecule has 2 aliphatic rings. The summed E-state index contributed by atoms with van der Waals surface area (Å²) < 4.78 is 12.2. The van der Waals surface area contributed by atoms with Crippen molar-refractivity contribution in [2.24, 2.45) is 5.92 Å². The Labute approximate surface area is 179 Å². The molecule has 160 valence electrons. The Bertz CT molecular complexity index is 831. The third-order valence-corrected chi connectivity index (χ3v) is 6.58. The van der Waals surface area contributed by atoms with E-state index < -0.39 is 0 Å². The molecule has 5 nitrogen and oxygen atoms in total. The minimum absolute atomic E-state index is 0.0664. The van der Waals surface area contributed by atoms with E-state index in [0.29, 0.717) is 18.1 Å². The third kappa shape index (κ3) is 5.08. The summed E-state index contributed by atoms with van der Waals surface area (Å²) in [6, 6.07) is 14.0. The normalized spacial score (nSPS) is 21.0. The molecule has 5 heteroatoms. The van der Waals surface area contributed by atoms with Gasteiger partial charge in [0, 0.05) is 38.2 Å². The second-order valence-electron chi connectivity index (χ2n) is 8.65. The maximum absolute atomic E-state index is 12.9. The summed E-state index contributed by atoms with van der Waals surface area (Å²) in [5.74, 6) is 0.731. The van der Waals surface area contributed by atoms with Gasteiger partial charge in [-0.1, -0.05) is 30.3 Å². The summed E-state index contributed by atoms with van der Waals surface area (Å²) >= 11 is 0. The Morgan fingerprint density at radius 1 is 1.20 bits per heavy atom. The van der Waals surface area contributed by atoms with Crippen LogP contribution < -0.4 is 0 Å². The highest BCUT2D eigenvalue weighted by atomic mass is 16.5. The van der Waals surface area contributed by atoms with E-state index in [1.165, 1.54) is 5.56 Å². The van der Waals surface area contributed by atoms with Crippen molar-refractivity contribution in [3.63, 3.8) is 0 Å². The lowest BCUT2D eigenvalue weighted by Crippen LogP contribution is -2.51. The fourth-order valence-electron chi connectivity index (χ4n) is 4.74. The van der Waals surface area contributed by atoms with Crippen LogP contribution in [0.3, 0.4) is 0 Å². The first kappa shape index (κ1) is 21.0. The first-order chi connectivity index (χ1) is 14.7. The van der Waals surface area contributed by atoms with E-state index >= 15 is 0 Å². The van der Waals surface area contributed by atoms with Crippen LogP contribution in [0, 0.1) is 12.8 Å². The van der Waals surface area contributed by atoms with E-state index in [9.17, 15) is 4.79 Å². The average molecular weight is 409 g/mol. The highest BCUT2D eigenvalue weighted by Crippen LogP contribution is 2.39. The van der Waals surface area contributed by atoms with E-state index in [-0.39, 0.29) is 11.5 Å². The molecule has 1 amide bonds. The fraction of sp³-hybridized carbons (Fsp3) is 0.520. The monoisotopic (exact) mass is 408 g/mol. The van der Waals surface area contributed by atoms with Crippen molar-refractivity contribution in [3.05, 3.63) is 65.5 Å². The zero-order valence-electron chi connectivity index (χ0n) is 17.9. The van der Waals surface area contributed by atoms with E-state index in [4.69, 9.17) is 9.47 Å². The predicted molar refractivity (Wildman–Crippen MR) is 116 cm³/mol.